The van der Waals surface area contributed by atoms with Crippen molar-refractivity contribution in [2.45, 2.75) is 6.92 Å². The molecule has 0 atom stereocenters. The van der Waals surface area contributed by atoms with Gasteiger partial charge in [0.15, 0.2) is 0 Å². The van der Waals surface area contributed by atoms with Gasteiger partial charge in [-0.3, -0.25) is 9.59 Å². The first kappa shape index (κ1) is 18.0. The summed E-state index contributed by atoms with van der Waals surface area (Å²) in [6, 6.07) is 12.5. The molecule has 2 amide bonds. The number of anilines is 4. The van der Waals surface area contributed by atoms with Crippen LogP contribution in [0.15, 0.2) is 60.9 Å². The molecule has 0 fully saturated rings. The van der Waals surface area contributed by atoms with Crippen molar-refractivity contribution in [2.24, 2.45) is 0 Å². The fraction of sp³-hybridized carbons (Fsp3) is 0.0526. The van der Waals surface area contributed by atoms with Gasteiger partial charge in [0, 0.05) is 36.4 Å². The van der Waals surface area contributed by atoms with E-state index >= 15 is 0 Å². The van der Waals surface area contributed by atoms with Gasteiger partial charge in [0.1, 0.15) is 5.82 Å². The Labute approximate surface area is 154 Å². The number of nitrogens with one attached hydrogen (secondary N) is 3. The van der Waals surface area contributed by atoms with Gasteiger partial charge in [0.25, 0.3) is 5.91 Å². The lowest BCUT2D eigenvalue weighted by molar-refractivity contribution is -0.114. The Bertz CT molecular complexity index is 941. The molecule has 8 heteroatoms. The van der Waals surface area contributed by atoms with Crippen LogP contribution in [0, 0.1) is 5.82 Å². The number of carbonyl (C=O) groups is 2. The lowest BCUT2D eigenvalue weighted by atomic mass is 10.2. The Morgan fingerprint density at radius 1 is 0.815 bits per heavy atom. The highest BCUT2D eigenvalue weighted by Crippen LogP contribution is 2.17. The smallest absolute Gasteiger partial charge is 0.258 e. The van der Waals surface area contributed by atoms with E-state index in [1.165, 1.54) is 43.6 Å². The monoisotopic (exact) mass is 365 g/mol. The highest BCUT2D eigenvalue weighted by atomic mass is 19.1. The number of aromatic nitrogens is 2. The normalized spacial score (nSPS) is 10.1. The molecule has 0 saturated carbocycles. The summed E-state index contributed by atoms with van der Waals surface area (Å²) in [5, 5.41) is 8.31. The van der Waals surface area contributed by atoms with E-state index in [9.17, 15) is 14.0 Å². The lowest BCUT2D eigenvalue weighted by Gasteiger charge is -2.08. The van der Waals surface area contributed by atoms with Crippen LogP contribution in [-0.2, 0) is 4.79 Å². The SMILES string of the molecule is CC(=O)Nc1ccc(Nc2ncc(C(=O)Nc3ccc(F)cc3)cn2)cc1. The molecule has 0 radical (unpaired) electrons. The molecule has 0 spiro atoms. The van der Waals surface area contributed by atoms with Gasteiger partial charge in [-0.05, 0) is 48.5 Å². The van der Waals surface area contributed by atoms with Crippen LogP contribution in [0.2, 0.25) is 0 Å². The van der Waals surface area contributed by atoms with Crippen LogP contribution in [0.3, 0.4) is 0 Å². The molecule has 136 valence electrons. The summed E-state index contributed by atoms with van der Waals surface area (Å²) in [7, 11) is 0. The van der Waals surface area contributed by atoms with Crippen molar-refractivity contribution in [1.82, 2.24) is 9.97 Å². The van der Waals surface area contributed by atoms with Crippen LogP contribution < -0.4 is 16.0 Å². The van der Waals surface area contributed by atoms with E-state index in [4.69, 9.17) is 0 Å². The van der Waals surface area contributed by atoms with Crippen molar-refractivity contribution in [2.75, 3.05) is 16.0 Å². The van der Waals surface area contributed by atoms with Gasteiger partial charge >= 0.3 is 0 Å². The number of amides is 2. The third-order valence-electron chi connectivity index (χ3n) is 3.48. The minimum absolute atomic E-state index is 0.145. The van der Waals surface area contributed by atoms with Gasteiger partial charge in [-0.1, -0.05) is 0 Å². The van der Waals surface area contributed by atoms with E-state index in [0.717, 1.165) is 5.69 Å². The Kier molecular flexibility index (Phi) is 5.36. The second-order valence-corrected chi connectivity index (χ2v) is 5.64. The van der Waals surface area contributed by atoms with Gasteiger partial charge in [-0.15, -0.1) is 0 Å². The zero-order chi connectivity index (χ0) is 19.2. The Balaban J connectivity index is 1.61. The molecule has 0 aliphatic carbocycles. The van der Waals surface area contributed by atoms with Crippen LogP contribution in [0.4, 0.5) is 27.4 Å². The van der Waals surface area contributed by atoms with Crippen LogP contribution in [0.1, 0.15) is 17.3 Å². The maximum Gasteiger partial charge on any atom is 0.258 e. The van der Waals surface area contributed by atoms with E-state index in [-0.39, 0.29) is 17.3 Å². The quantitative estimate of drug-likeness (QED) is 0.642. The third kappa shape index (κ3) is 5.08. The summed E-state index contributed by atoms with van der Waals surface area (Å²) in [4.78, 5) is 31.4. The van der Waals surface area contributed by atoms with Crippen LogP contribution >= 0.6 is 0 Å². The third-order valence-corrected chi connectivity index (χ3v) is 3.48. The van der Waals surface area contributed by atoms with Crippen molar-refractivity contribution in [3.05, 3.63) is 72.3 Å². The summed E-state index contributed by atoms with van der Waals surface area (Å²) < 4.78 is 12.9. The highest BCUT2D eigenvalue weighted by molar-refractivity contribution is 6.03. The predicted molar refractivity (Wildman–Crippen MR) is 100 cm³/mol. The van der Waals surface area contributed by atoms with Crippen LogP contribution in [-0.4, -0.2) is 21.8 Å². The molecule has 2 aromatic carbocycles. The summed E-state index contributed by atoms with van der Waals surface area (Å²) >= 11 is 0. The van der Waals surface area contributed by atoms with Gasteiger partial charge in [-0.2, -0.15) is 0 Å². The fourth-order valence-corrected chi connectivity index (χ4v) is 2.22. The van der Waals surface area contributed by atoms with Crippen molar-refractivity contribution >= 4 is 34.8 Å². The summed E-state index contributed by atoms with van der Waals surface area (Å²) in [5.74, 6) is -0.598. The molecule has 7 nitrogen and oxygen atoms in total. The first-order valence-corrected chi connectivity index (χ1v) is 8.03. The average molecular weight is 365 g/mol. The van der Waals surface area contributed by atoms with Crippen molar-refractivity contribution in [3.63, 3.8) is 0 Å². The summed E-state index contributed by atoms with van der Waals surface area (Å²) in [5.41, 5.74) is 2.16. The van der Waals surface area contributed by atoms with Crippen LogP contribution in [0.25, 0.3) is 0 Å². The molecule has 27 heavy (non-hydrogen) atoms. The zero-order valence-corrected chi connectivity index (χ0v) is 14.4. The topological polar surface area (TPSA) is 96.0 Å². The minimum Gasteiger partial charge on any atom is -0.326 e. The molecule has 3 aromatic rings. The second-order valence-electron chi connectivity index (χ2n) is 5.64. The molecule has 3 rings (SSSR count). The highest BCUT2D eigenvalue weighted by Gasteiger charge is 2.08. The number of benzene rings is 2. The van der Waals surface area contributed by atoms with E-state index in [0.29, 0.717) is 17.3 Å². The van der Waals surface area contributed by atoms with Gasteiger partial charge in [0.05, 0.1) is 5.56 Å². The molecular weight excluding hydrogens is 349 g/mol. The Morgan fingerprint density at radius 2 is 1.33 bits per heavy atom. The maximum absolute atomic E-state index is 12.9. The van der Waals surface area contributed by atoms with Crippen molar-refractivity contribution in [1.29, 1.82) is 0 Å². The van der Waals surface area contributed by atoms with Gasteiger partial charge in [0.2, 0.25) is 11.9 Å². The Hall–Kier alpha value is -3.81. The van der Waals surface area contributed by atoms with Gasteiger partial charge < -0.3 is 16.0 Å². The number of hydrogen-bond acceptors (Lipinski definition) is 5. The predicted octanol–water partition coefficient (Wildman–Crippen LogP) is 3.57. The fourth-order valence-electron chi connectivity index (χ4n) is 2.22. The van der Waals surface area contributed by atoms with E-state index in [2.05, 4.69) is 25.9 Å². The van der Waals surface area contributed by atoms with Crippen molar-refractivity contribution < 1.29 is 14.0 Å². The zero-order valence-electron chi connectivity index (χ0n) is 14.4. The molecule has 0 saturated heterocycles. The molecule has 0 aliphatic rings. The first-order chi connectivity index (χ1) is 13.0. The second kappa shape index (κ2) is 8.05. The molecular formula is C19H16FN5O2. The summed E-state index contributed by atoms with van der Waals surface area (Å²) in [6.07, 6.45) is 2.78. The number of carbonyl (C=O) groups excluding carboxylic acids is 2. The number of halogens is 1. The van der Waals surface area contributed by atoms with Crippen LogP contribution in [0.5, 0.6) is 0 Å². The summed E-state index contributed by atoms with van der Waals surface area (Å²) in [6.45, 7) is 1.44. The lowest BCUT2D eigenvalue weighted by Crippen LogP contribution is -2.13. The molecule has 0 aliphatic heterocycles. The number of nitrogens with zero attached hydrogens (tertiary/aromatic N) is 2. The van der Waals surface area contributed by atoms with E-state index < -0.39 is 5.91 Å². The molecule has 0 unspecified atom stereocenters. The number of rotatable bonds is 5. The number of hydrogen-bond donors (Lipinski definition) is 3. The minimum atomic E-state index is -0.396. The largest absolute Gasteiger partial charge is 0.326 e. The van der Waals surface area contributed by atoms with E-state index in [1.807, 2.05) is 0 Å². The molecule has 3 N–H and O–H groups in total. The molecule has 1 heterocycles. The standard InChI is InChI=1S/C19H16FN5O2/c1-12(26)23-15-6-8-17(9-7-15)25-19-21-10-13(11-22-19)18(27)24-16-4-2-14(20)3-5-16/h2-11H,1H3,(H,23,26)(H,24,27)(H,21,22,25). The van der Waals surface area contributed by atoms with Gasteiger partial charge in [-0.25, -0.2) is 14.4 Å². The van der Waals surface area contributed by atoms with Crippen molar-refractivity contribution in [3.8, 4) is 0 Å². The average Bonchev–Trinajstić information content (AvgIpc) is 2.65. The van der Waals surface area contributed by atoms with E-state index in [1.54, 1.807) is 24.3 Å². The first-order valence-electron chi connectivity index (χ1n) is 8.03. The Morgan fingerprint density at radius 3 is 1.93 bits per heavy atom. The molecule has 0 bridgehead atoms. The molecule has 1 aromatic heterocycles. The maximum atomic E-state index is 12.9.